The van der Waals surface area contributed by atoms with Crippen molar-refractivity contribution >= 4 is 109 Å². The number of aliphatic hydroxyl groups is 4. The third-order valence-electron chi connectivity index (χ3n) is 23.6. The van der Waals surface area contributed by atoms with Gasteiger partial charge in [-0.3, -0.25) is 19.2 Å². The number of ether oxygens (including phenoxy) is 4. The summed E-state index contributed by atoms with van der Waals surface area (Å²) in [7, 11) is 5.40. The Kier molecular flexibility index (Phi) is 25.4. The smallest absolute Gasteiger partial charge is 0.238 e. The fourth-order valence-corrected chi connectivity index (χ4v) is 16.4. The molecule has 12 aromatic heterocycles. The molecule has 8 aliphatic rings. The second kappa shape index (κ2) is 37.6. The number of nitrogens with one attached hydrogen (secondary N) is 7. The van der Waals surface area contributed by atoms with Crippen LogP contribution in [0.2, 0.25) is 0 Å². The minimum Gasteiger partial charge on any atom is -0.473 e. The van der Waals surface area contributed by atoms with Gasteiger partial charge in [0.25, 0.3) is 0 Å². The number of Topliss-reactive ketones (excluding diaryl/α,β-unsaturated/α-hetero) is 4. The summed E-state index contributed by atoms with van der Waals surface area (Å²) in [6.07, 6.45) is 33.0. The van der Waals surface area contributed by atoms with Crippen LogP contribution < -0.4 is 56.2 Å². The van der Waals surface area contributed by atoms with Gasteiger partial charge < -0.3 is 76.6 Å². The second-order valence-electron chi connectivity index (χ2n) is 33.5. The van der Waals surface area contributed by atoms with Crippen molar-refractivity contribution < 1.29 is 58.6 Å². The van der Waals surface area contributed by atoms with Gasteiger partial charge in [-0.25, -0.2) is 44.4 Å². The van der Waals surface area contributed by atoms with E-state index >= 15 is 0 Å². The summed E-state index contributed by atoms with van der Waals surface area (Å²) >= 11 is 0. The Morgan fingerprint density at radius 2 is 0.605 bits per heavy atom. The van der Waals surface area contributed by atoms with Crippen LogP contribution in [0.25, 0.3) is 22.6 Å². The van der Waals surface area contributed by atoms with E-state index in [0.29, 0.717) is 160 Å². The number of fused-ring (bicyclic) bond motifs is 4. The molecule has 0 saturated heterocycles. The molecule has 12 heterocycles. The Morgan fingerprint density at radius 3 is 0.839 bits per heavy atom. The van der Waals surface area contributed by atoms with Gasteiger partial charge in [0.1, 0.15) is 87.9 Å². The Balaban J connectivity index is 0.000000117. The largest absolute Gasteiger partial charge is 0.473 e. The summed E-state index contributed by atoms with van der Waals surface area (Å²) < 4.78 is 30.2. The number of rotatable bonds is 32. The summed E-state index contributed by atoms with van der Waals surface area (Å²) in [6.45, 7) is 2.05. The molecule has 0 bridgehead atoms. The van der Waals surface area contributed by atoms with E-state index in [-0.39, 0.29) is 95.6 Å². The first kappa shape index (κ1) is 83.7. The standard InChI is InChI=1S/C23H27N5O3.3C22H26N6O3/c1-2-15-12-21(26-19-4-3-9-24-23(19)31-17-7-8-17)27-22-18(13-25-28(15)22)20(30)11-14-5-6-16(29)10-14;3*1-23-20-11-19(26-17-3-2-8-24-22(17)31-15-6-7-15)27-21-16(12-25-28(20)21)18(30)10-13-4-5-14(29)9-13/h3-4,9,12-14,16-17,29H,2,5-8,10-11H2,1H3,(H,26,27);3*2-3,8,11-15,23,29H,4-7,9-10H2,1H3,(H,26,27)/t14-,16-;2*13?,14-;13-,14-/m0001/s1. The summed E-state index contributed by atoms with van der Waals surface area (Å²) in [5.41, 5.74) is 7.90. The summed E-state index contributed by atoms with van der Waals surface area (Å²) in [5, 5.41) is 79.1. The van der Waals surface area contributed by atoms with Gasteiger partial charge in [-0.05, 0) is 207 Å². The van der Waals surface area contributed by atoms with E-state index in [1.165, 1.54) is 0 Å². The van der Waals surface area contributed by atoms with Crippen molar-refractivity contribution in [2.24, 2.45) is 23.7 Å². The van der Waals surface area contributed by atoms with Crippen molar-refractivity contribution in [3.63, 3.8) is 0 Å². The molecule has 11 N–H and O–H groups in total. The van der Waals surface area contributed by atoms with Gasteiger partial charge in [0.05, 0.1) is 71.5 Å². The zero-order chi connectivity index (χ0) is 85.5. The number of aliphatic hydroxyl groups excluding tert-OH is 4. The lowest BCUT2D eigenvalue weighted by Crippen LogP contribution is -2.09. The fraction of sp³-hybridized carbons (Fsp3) is 0.461. The topological polar surface area (TPSA) is 443 Å². The Labute approximate surface area is 714 Å². The first-order valence-corrected chi connectivity index (χ1v) is 43.4. The maximum absolute atomic E-state index is 13.0. The highest BCUT2D eigenvalue weighted by Gasteiger charge is 2.35. The lowest BCUT2D eigenvalue weighted by molar-refractivity contribution is 0.0949. The number of ketones is 4. The molecular weight excluding hydrogens is 1580 g/mol. The molecule has 0 spiro atoms. The van der Waals surface area contributed by atoms with E-state index in [1.807, 2.05) is 79.7 Å². The lowest BCUT2D eigenvalue weighted by Gasteiger charge is -2.13. The van der Waals surface area contributed by atoms with E-state index in [2.05, 4.69) is 92.5 Å². The van der Waals surface area contributed by atoms with E-state index in [4.69, 9.17) is 23.9 Å². The average Bonchev–Trinajstić information content (AvgIpc) is 1.63. The molecule has 0 radical (unpaired) electrons. The number of anilines is 11. The third kappa shape index (κ3) is 20.3. The van der Waals surface area contributed by atoms with Gasteiger partial charge in [-0.1, -0.05) is 6.92 Å². The number of aromatic nitrogens is 16. The van der Waals surface area contributed by atoms with Crippen LogP contribution in [-0.2, 0) is 6.42 Å². The number of hydrogen-bond donors (Lipinski definition) is 11. The number of carbonyl (C=O) groups excluding carboxylic acids is 4. The van der Waals surface area contributed by atoms with Crippen LogP contribution in [0, 0.1) is 23.7 Å². The van der Waals surface area contributed by atoms with Gasteiger partial charge >= 0.3 is 0 Å². The molecule has 648 valence electrons. The highest BCUT2D eigenvalue weighted by molar-refractivity contribution is 6.04. The quantitative estimate of drug-likeness (QED) is 0.0174. The minimum atomic E-state index is -0.293. The van der Waals surface area contributed by atoms with E-state index in [9.17, 15) is 39.6 Å². The number of hydrogen-bond acceptors (Lipinski definition) is 31. The van der Waals surface area contributed by atoms with Crippen LogP contribution in [0.5, 0.6) is 23.5 Å². The molecule has 35 nitrogen and oxygen atoms in total. The van der Waals surface area contributed by atoms with Crippen molar-refractivity contribution in [3.8, 4) is 23.5 Å². The van der Waals surface area contributed by atoms with E-state index < -0.39 is 0 Å². The molecule has 124 heavy (non-hydrogen) atoms. The number of carbonyl (C=O) groups is 4. The Morgan fingerprint density at radius 1 is 0.355 bits per heavy atom. The maximum Gasteiger partial charge on any atom is 0.238 e. The normalized spacial score (nSPS) is 20.7. The van der Waals surface area contributed by atoms with Crippen LogP contribution in [0.4, 0.5) is 63.5 Å². The van der Waals surface area contributed by atoms with Crippen LogP contribution in [-0.4, -0.2) is 192 Å². The molecule has 0 aliphatic heterocycles. The third-order valence-corrected chi connectivity index (χ3v) is 23.6. The average molecular weight is 1690 g/mol. The molecule has 0 aromatic carbocycles. The molecule has 8 aliphatic carbocycles. The number of aryl methyl sites for hydroxylation is 1. The molecule has 0 amide bonds. The van der Waals surface area contributed by atoms with E-state index in [0.717, 1.165) is 138 Å². The van der Waals surface area contributed by atoms with Crippen molar-refractivity contribution in [1.29, 1.82) is 0 Å². The highest BCUT2D eigenvalue weighted by atomic mass is 16.5. The SMILES string of the molecule is CCc1cc(Nc2cccnc2OC2CC2)nc2c(C(=O)C[C@H]3CC[C@H](O)C3)cnn12.CNc1cc(Nc2cccnc2OC2CC2)nc2c(C(=O)CC3CC[C@H](O)C3)cnn12.CNc1cc(Nc2cccnc2OC2CC2)nc2c(C(=O)CC3CC[C@H](O)C3)cnn12.CNc1cc(Nc2cccnc2OC2CC2)nc2c(C(=O)C[C@@H]3CC[C@@H](O)C3)cnn12. The van der Waals surface area contributed by atoms with Gasteiger partial charge in [0, 0.05) is 102 Å². The fourth-order valence-electron chi connectivity index (χ4n) is 16.4. The number of pyridine rings is 4. The first-order valence-electron chi connectivity index (χ1n) is 43.4. The van der Waals surface area contributed by atoms with Gasteiger partial charge in [-0.15, -0.1) is 0 Å². The van der Waals surface area contributed by atoms with E-state index in [1.54, 1.807) is 88.8 Å². The first-order chi connectivity index (χ1) is 60.4. The molecular formula is C89H105N23O12. The lowest BCUT2D eigenvalue weighted by atomic mass is 9.98. The van der Waals surface area contributed by atoms with Crippen molar-refractivity contribution in [3.05, 3.63) is 150 Å². The minimum absolute atomic E-state index is 0.0000587. The number of nitrogens with zero attached hydrogens (tertiary/aromatic N) is 16. The Bertz CT molecular complexity index is 5140. The van der Waals surface area contributed by atoms with Crippen molar-refractivity contribution in [2.75, 3.05) is 58.4 Å². The predicted molar refractivity (Wildman–Crippen MR) is 464 cm³/mol. The molecule has 8 atom stereocenters. The van der Waals surface area contributed by atoms with Crippen LogP contribution in [0.1, 0.15) is 208 Å². The molecule has 8 saturated carbocycles. The second-order valence-corrected chi connectivity index (χ2v) is 33.5. The molecule has 8 fully saturated rings. The monoisotopic (exact) mass is 1690 g/mol. The Hall–Kier alpha value is -12.6. The molecule has 12 aromatic rings. The molecule has 20 rings (SSSR count). The van der Waals surface area contributed by atoms with Crippen LogP contribution in [0.15, 0.2) is 122 Å². The van der Waals surface area contributed by atoms with Crippen LogP contribution in [0.3, 0.4) is 0 Å². The predicted octanol–water partition coefficient (Wildman–Crippen LogP) is 13.3. The summed E-state index contributed by atoms with van der Waals surface area (Å²) in [4.78, 5) is 88.1. The summed E-state index contributed by atoms with van der Waals surface area (Å²) in [6, 6.07) is 22.4. The van der Waals surface area contributed by atoms with Gasteiger partial charge in [-0.2, -0.15) is 33.9 Å². The summed E-state index contributed by atoms with van der Waals surface area (Å²) in [5.74, 6) is 7.51. The molecule has 35 heteroatoms. The highest BCUT2D eigenvalue weighted by Crippen LogP contribution is 2.41. The van der Waals surface area contributed by atoms with Gasteiger partial charge in [0.2, 0.25) is 23.5 Å². The van der Waals surface area contributed by atoms with Gasteiger partial charge in [0.15, 0.2) is 45.7 Å². The van der Waals surface area contributed by atoms with Crippen LogP contribution >= 0.6 is 0 Å². The zero-order valence-electron chi connectivity index (χ0n) is 69.9. The molecule has 2 unspecified atom stereocenters. The van der Waals surface area contributed by atoms with Crippen molar-refractivity contribution in [1.82, 2.24) is 78.3 Å². The zero-order valence-corrected chi connectivity index (χ0v) is 69.9. The maximum atomic E-state index is 13.0. The van der Waals surface area contributed by atoms with Crippen molar-refractivity contribution in [2.45, 2.75) is 216 Å².